The third-order valence-electron chi connectivity index (χ3n) is 2.88. The van der Waals surface area contributed by atoms with Crippen molar-refractivity contribution in [3.8, 4) is 22.5 Å². The molecule has 20 heavy (non-hydrogen) atoms. The number of pyridine rings is 1. The predicted octanol–water partition coefficient (Wildman–Crippen LogP) is 3.45. The van der Waals surface area contributed by atoms with Crippen LogP contribution in [0.5, 0.6) is 0 Å². The zero-order valence-corrected chi connectivity index (χ0v) is 12.0. The number of nitrogens with one attached hydrogen (secondary N) is 2. The van der Waals surface area contributed by atoms with E-state index in [1.807, 2.05) is 26.2 Å². The number of hydrogen-bond donors (Lipinski definition) is 2. The van der Waals surface area contributed by atoms with Crippen LogP contribution in [-0.2, 0) is 6.42 Å². The quantitative estimate of drug-likeness (QED) is 0.765. The Balaban J connectivity index is 0.000000704. The maximum atomic E-state index is 4.65. The summed E-state index contributed by atoms with van der Waals surface area (Å²) in [6.45, 7) is 6.13. The number of H-pyrrole nitrogens is 2. The largest absolute Gasteiger partial charge is 0.285 e. The number of hydrogen-bond acceptors (Lipinski definition) is 3. The zero-order chi connectivity index (χ0) is 14.4. The van der Waals surface area contributed by atoms with Crippen LogP contribution in [-0.4, -0.2) is 25.4 Å². The third-order valence-corrected chi connectivity index (χ3v) is 2.88. The van der Waals surface area contributed by atoms with Crippen LogP contribution in [0.25, 0.3) is 22.5 Å². The molecular weight excluding hydrogens is 250 g/mol. The molecule has 0 saturated heterocycles. The molecule has 0 radical (unpaired) electrons. The van der Waals surface area contributed by atoms with Gasteiger partial charge in [-0.15, -0.1) is 0 Å². The third kappa shape index (κ3) is 2.93. The lowest BCUT2D eigenvalue weighted by molar-refractivity contribution is 1.09. The summed E-state index contributed by atoms with van der Waals surface area (Å²) in [4.78, 5) is 4.65. The van der Waals surface area contributed by atoms with E-state index in [1.165, 1.54) is 5.56 Å². The molecule has 3 rings (SSSR count). The molecule has 3 heterocycles. The Labute approximate surface area is 118 Å². The molecular formula is C15H19N5. The maximum absolute atomic E-state index is 4.65. The fourth-order valence-electron chi connectivity index (χ4n) is 1.87. The number of aromatic nitrogens is 5. The van der Waals surface area contributed by atoms with Crippen molar-refractivity contribution < 1.29 is 0 Å². The van der Waals surface area contributed by atoms with Gasteiger partial charge in [0.1, 0.15) is 0 Å². The van der Waals surface area contributed by atoms with E-state index >= 15 is 0 Å². The molecule has 0 aliphatic carbocycles. The van der Waals surface area contributed by atoms with Gasteiger partial charge in [0.2, 0.25) is 0 Å². The van der Waals surface area contributed by atoms with Crippen molar-refractivity contribution in [1.29, 1.82) is 0 Å². The van der Waals surface area contributed by atoms with E-state index in [0.29, 0.717) is 0 Å². The molecule has 0 aromatic carbocycles. The zero-order valence-electron chi connectivity index (χ0n) is 12.0. The molecule has 5 nitrogen and oxygen atoms in total. The highest BCUT2D eigenvalue weighted by Gasteiger charge is 2.07. The highest BCUT2D eigenvalue weighted by molar-refractivity contribution is 5.65. The van der Waals surface area contributed by atoms with Crippen molar-refractivity contribution in [3.63, 3.8) is 0 Å². The van der Waals surface area contributed by atoms with E-state index in [0.717, 1.165) is 28.9 Å². The predicted molar refractivity (Wildman–Crippen MR) is 80.1 cm³/mol. The smallest absolute Gasteiger partial charge is 0.0743 e. The van der Waals surface area contributed by atoms with Gasteiger partial charge in [-0.1, -0.05) is 20.8 Å². The molecule has 5 heteroatoms. The summed E-state index contributed by atoms with van der Waals surface area (Å²) in [6, 6.07) is 4.18. The lowest BCUT2D eigenvalue weighted by Gasteiger charge is -2.05. The Hall–Kier alpha value is -2.43. The second-order valence-electron chi connectivity index (χ2n) is 4.07. The first-order chi connectivity index (χ1) is 9.86. The number of aromatic amines is 2. The minimum absolute atomic E-state index is 0.930. The summed E-state index contributed by atoms with van der Waals surface area (Å²) in [6.07, 6.45) is 8.22. The molecule has 0 spiro atoms. The molecule has 0 unspecified atom stereocenters. The Morgan fingerprint density at radius 1 is 0.900 bits per heavy atom. The molecule has 0 aliphatic heterocycles. The van der Waals surface area contributed by atoms with Crippen molar-refractivity contribution in [3.05, 3.63) is 42.5 Å². The maximum Gasteiger partial charge on any atom is 0.0743 e. The summed E-state index contributed by atoms with van der Waals surface area (Å²) in [5.41, 5.74) is 5.10. The molecule has 0 fully saturated rings. The Bertz CT molecular complexity index is 574. The van der Waals surface area contributed by atoms with Gasteiger partial charge in [0.15, 0.2) is 0 Å². The van der Waals surface area contributed by atoms with Gasteiger partial charge in [0.05, 0.1) is 23.8 Å². The van der Waals surface area contributed by atoms with E-state index in [-0.39, 0.29) is 0 Å². The summed E-state index contributed by atoms with van der Waals surface area (Å²) in [5, 5.41) is 13.5. The average Bonchev–Trinajstić information content (AvgIpc) is 3.21. The second-order valence-corrected chi connectivity index (χ2v) is 4.07. The van der Waals surface area contributed by atoms with Crippen LogP contribution in [0.2, 0.25) is 0 Å². The molecule has 2 N–H and O–H groups in total. The van der Waals surface area contributed by atoms with Gasteiger partial charge < -0.3 is 0 Å². The Morgan fingerprint density at radius 3 is 1.75 bits per heavy atom. The normalized spacial score (nSPS) is 9.95. The fraction of sp³-hybridized carbons (Fsp3) is 0.267. The highest BCUT2D eigenvalue weighted by atomic mass is 15.1. The van der Waals surface area contributed by atoms with Gasteiger partial charge in [-0.25, -0.2) is 4.98 Å². The van der Waals surface area contributed by atoms with Crippen LogP contribution >= 0.6 is 0 Å². The molecule has 0 saturated carbocycles. The van der Waals surface area contributed by atoms with E-state index in [9.17, 15) is 0 Å². The first-order valence-electron chi connectivity index (χ1n) is 6.86. The molecule has 0 aliphatic rings. The van der Waals surface area contributed by atoms with Crippen molar-refractivity contribution in [2.24, 2.45) is 0 Å². The fourth-order valence-corrected chi connectivity index (χ4v) is 1.87. The molecule has 0 atom stereocenters. The lowest BCUT2D eigenvalue weighted by Crippen LogP contribution is -1.91. The van der Waals surface area contributed by atoms with E-state index < -0.39 is 0 Å². The average molecular weight is 269 g/mol. The first-order valence-corrected chi connectivity index (χ1v) is 6.86. The first kappa shape index (κ1) is 14.0. The molecule has 0 amide bonds. The van der Waals surface area contributed by atoms with Crippen LogP contribution in [0.1, 0.15) is 26.3 Å². The van der Waals surface area contributed by atoms with Gasteiger partial charge in [-0.05, 0) is 24.1 Å². The standard InChI is InChI=1S/C13H13N5.C2H6/c1-2-9-3-12(10-5-14-15-6-10)18-13(4-9)11-7-16-17-8-11;1-2/h3-8H,2H2,1H3,(H,14,15)(H,16,17);1-2H3. The van der Waals surface area contributed by atoms with E-state index in [1.54, 1.807) is 12.4 Å². The van der Waals surface area contributed by atoms with Crippen LogP contribution in [0.15, 0.2) is 36.9 Å². The summed E-state index contributed by atoms with van der Waals surface area (Å²) in [5.74, 6) is 0. The number of aryl methyl sites for hydroxylation is 1. The Morgan fingerprint density at radius 2 is 1.40 bits per heavy atom. The Kier molecular flexibility index (Phi) is 4.65. The molecule has 0 bridgehead atoms. The van der Waals surface area contributed by atoms with Crippen molar-refractivity contribution in [2.45, 2.75) is 27.2 Å². The second kappa shape index (κ2) is 6.65. The number of rotatable bonds is 3. The van der Waals surface area contributed by atoms with Gasteiger partial charge in [-0.2, -0.15) is 10.2 Å². The van der Waals surface area contributed by atoms with E-state index in [2.05, 4.69) is 44.4 Å². The van der Waals surface area contributed by atoms with E-state index in [4.69, 9.17) is 0 Å². The van der Waals surface area contributed by atoms with Crippen molar-refractivity contribution in [1.82, 2.24) is 25.4 Å². The molecule has 104 valence electrons. The molecule has 3 aromatic heterocycles. The minimum atomic E-state index is 0.930. The summed E-state index contributed by atoms with van der Waals surface area (Å²) < 4.78 is 0. The van der Waals surface area contributed by atoms with Gasteiger partial charge in [0, 0.05) is 23.5 Å². The van der Waals surface area contributed by atoms with Gasteiger partial charge in [-0.3, -0.25) is 10.2 Å². The SMILES string of the molecule is CC.CCc1cc(-c2cn[nH]c2)nc(-c2cn[nH]c2)c1. The van der Waals surface area contributed by atoms with Gasteiger partial charge >= 0.3 is 0 Å². The number of nitrogens with zero attached hydrogens (tertiary/aromatic N) is 3. The van der Waals surface area contributed by atoms with Crippen molar-refractivity contribution in [2.75, 3.05) is 0 Å². The van der Waals surface area contributed by atoms with Crippen LogP contribution in [0.4, 0.5) is 0 Å². The van der Waals surface area contributed by atoms with Crippen molar-refractivity contribution >= 4 is 0 Å². The van der Waals surface area contributed by atoms with Gasteiger partial charge in [0.25, 0.3) is 0 Å². The highest BCUT2D eigenvalue weighted by Crippen LogP contribution is 2.23. The molecule has 3 aromatic rings. The lowest BCUT2D eigenvalue weighted by atomic mass is 10.1. The van der Waals surface area contributed by atoms with Crippen LogP contribution < -0.4 is 0 Å². The minimum Gasteiger partial charge on any atom is -0.285 e. The topological polar surface area (TPSA) is 70.2 Å². The summed E-state index contributed by atoms with van der Waals surface area (Å²) in [7, 11) is 0. The monoisotopic (exact) mass is 269 g/mol. The van der Waals surface area contributed by atoms with Crippen LogP contribution in [0.3, 0.4) is 0 Å². The summed E-state index contributed by atoms with van der Waals surface area (Å²) >= 11 is 0. The van der Waals surface area contributed by atoms with Crippen LogP contribution in [0, 0.1) is 0 Å².